The number of hydrogen-bond acceptors (Lipinski definition) is 5. The maximum atomic E-state index is 14.7. The second kappa shape index (κ2) is 10.8. The third-order valence-electron chi connectivity index (χ3n) is 7.55. The minimum absolute atomic E-state index is 0.167. The summed E-state index contributed by atoms with van der Waals surface area (Å²) in [5.41, 5.74) is 1.07. The first-order chi connectivity index (χ1) is 16.5. The fourth-order valence-electron chi connectivity index (χ4n) is 5.24. The number of ether oxygens (including phenoxy) is 4. The molecule has 6 heteroatoms. The van der Waals surface area contributed by atoms with Gasteiger partial charge in [-0.1, -0.05) is 12.1 Å². The predicted octanol–water partition coefficient (Wildman–Crippen LogP) is 6.00. The molecule has 0 heterocycles. The zero-order valence-corrected chi connectivity index (χ0v) is 20.3. The number of methoxy groups -OCH3 is 3. The van der Waals surface area contributed by atoms with Gasteiger partial charge in [-0.2, -0.15) is 0 Å². The molecule has 2 saturated carbocycles. The SMILES string of the molecule is COC(=O)C[C@H](c1cccc(OCC2CCC(OC)(c3cc(OC)ccc3F)CC2)c1)C1CC1. The molecule has 4 rings (SSSR count). The van der Waals surface area contributed by atoms with Crippen LogP contribution >= 0.6 is 0 Å². The number of hydrogen-bond donors (Lipinski definition) is 0. The van der Waals surface area contributed by atoms with Crippen molar-refractivity contribution in [2.75, 3.05) is 27.9 Å². The van der Waals surface area contributed by atoms with Crippen molar-refractivity contribution in [1.82, 2.24) is 0 Å². The molecule has 5 nitrogen and oxygen atoms in total. The van der Waals surface area contributed by atoms with Crippen molar-refractivity contribution in [3.8, 4) is 11.5 Å². The van der Waals surface area contributed by atoms with E-state index >= 15 is 0 Å². The van der Waals surface area contributed by atoms with Gasteiger partial charge in [0.25, 0.3) is 0 Å². The highest BCUT2D eigenvalue weighted by Crippen LogP contribution is 2.46. The van der Waals surface area contributed by atoms with Crippen LogP contribution in [0, 0.1) is 17.7 Å². The Morgan fingerprint density at radius 1 is 1.03 bits per heavy atom. The maximum Gasteiger partial charge on any atom is 0.306 e. The Bertz CT molecular complexity index is 979. The summed E-state index contributed by atoms with van der Waals surface area (Å²) >= 11 is 0. The lowest BCUT2D eigenvalue weighted by Gasteiger charge is -2.39. The van der Waals surface area contributed by atoms with Crippen LogP contribution in [-0.4, -0.2) is 33.9 Å². The molecular formula is C28H35FO5. The summed E-state index contributed by atoms with van der Waals surface area (Å²) in [6.45, 7) is 0.606. The molecule has 0 saturated heterocycles. The zero-order valence-electron chi connectivity index (χ0n) is 20.3. The van der Waals surface area contributed by atoms with Crippen molar-refractivity contribution >= 4 is 5.97 Å². The molecule has 2 aromatic rings. The van der Waals surface area contributed by atoms with E-state index in [2.05, 4.69) is 12.1 Å². The van der Waals surface area contributed by atoms with Gasteiger partial charge in [0, 0.05) is 12.7 Å². The molecule has 0 aromatic heterocycles. The first-order valence-corrected chi connectivity index (χ1v) is 12.2. The van der Waals surface area contributed by atoms with Gasteiger partial charge < -0.3 is 18.9 Å². The third kappa shape index (κ3) is 5.54. The quantitative estimate of drug-likeness (QED) is 0.399. The van der Waals surface area contributed by atoms with Gasteiger partial charge in [0.1, 0.15) is 17.3 Å². The Morgan fingerprint density at radius 2 is 1.79 bits per heavy atom. The van der Waals surface area contributed by atoms with Gasteiger partial charge in [0.2, 0.25) is 0 Å². The standard InChI is InChI=1S/C28H35FO5/c1-31-22-9-10-26(29)25(16-22)28(33-3)13-11-19(12-14-28)18-34-23-6-4-5-21(15-23)24(20-7-8-20)17-27(30)32-2/h4-6,9-10,15-16,19-20,24H,7-8,11-14,17-18H2,1-3H3/t19?,24-,28?/m0/s1. The average molecular weight is 471 g/mol. The largest absolute Gasteiger partial charge is 0.497 e. The second-order valence-corrected chi connectivity index (χ2v) is 9.60. The minimum Gasteiger partial charge on any atom is -0.497 e. The number of carbonyl (C=O) groups is 1. The van der Waals surface area contributed by atoms with Crippen LogP contribution in [-0.2, 0) is 19.9 Å². The van der Waals surface area contributed by atoms with Gasteiger partial charge in [-0.3, -0.25) is 4.79 Å². The van der Waals surface area contributed by atoms with Crippen molar-refractivity contribution in [3.63, 3.8) is 0 Å². The fourth-order valence-corrected chi connectivity index (χ4v) is 5.24. The topological polar surface area (TPSA) is 54.0 Å². The van der Waals surface area contributed by atoms with Crippen molar-refractivity contribution in [2.24, 2.45) is 11.8 Å². The van der Waals surface area contributed by atoms with Crippen LogP contribution in [0.3, 0.4) is 0 Å². The van der Waals surface area contributed by atoms with Crippen molar-refractivity contribution in [3.05, 3.63) is 59.4 Å². The summed E-state index contributed by atoms with van der Waals surface area (Å²) in [4.78, 5) is 11.9. The summed E-state index contributed by atoms with van der Waals surface area (Å²) in [5, 5.41) is 0. The molecule has 2 aliphatic rings. The van der Waals surface area contributed by atoms with E-state index in [-0.39, 0.29) is 17.7 Å². The van der Waals surface area contributed by atoms with Crippen LogP contribution in [0.5, 0.6) is 11.5 Å². The molecule has 0 spiro atoms. The highest BCUT2D eigenvalue weighted by molar-refractivity contribution is 5.70. The molecule has 1 atom stereocenters. The zero-order chi connectivity index (χ0) is 24.1. The van der Waals surface area contributed by atoms with Crippen molar-refractivity contribution < 1.29 is 28.1 Å². The molecule has 0 unspecified atom stereocenters. The molecule has 0 bridgehead atoms. The van der Waals surface area contributed by atoms with E-state index < -0.39 is 5.60 Å². The molecule has 0 aliphatic heterocycles. The molecular weight excluding hydrogens is 435 g/mol. The van der Waals surface area contributed by atoms with E-state index in [0.29, 0.717) is 36.2 Å². The number of carbonyl (C=O) groups excluding carboxylic acids is 1. The van der Waals surface area contributed by atoms with Gasteiger partial charge >= 0.3 is 5.97 Å². The maximum absolute atomic E-state index is 14.7. The Kier molecular flexibility index (Phi) is 7.77. The van der Waals surface area contributed by atoms with Crippen LogP contribution in [0.2, 0.25) is 0 Å². The van der Waals surface area contributed by atoms with Crippen LogP contribution in [0.1, 0.15) is 62.0 Å². The molecule has 2 aromatic carbocycles. The van der Waals surface area contributed by atoms with Crippen molar-refractivity contribution in [2.45, 2.75) is 56.5 Å². The smallest absolute Gasteiger partial charge is 0.306 e. The number of esters is 1. The van der Waals surface area contributed by atoms with E-state index in [1.165, 1.54) is 13.2 Å². The molecule has 0 radical (unpaired) electrons. The molecule has 0 amide bonds. The normalized spacial score (nSPS) is 23.2. The van der Waals surface area contributed by atoms with Gasteiger partial charge in [-0.05, 0) is 92.2 Å². The second-order valence-electron chi connectivity index (χ2n) is 9.60. The summed E-state index contributed by atoms with van der Waals surface area (Å²) < 4.78 is 37.0. The Hall–Kier alpha value is -2.60. The fraction of sp³-hybridized carbons (Fsp3) is 0.536. The Morgan fingerprint density at radius 3 is 2.44 bits per heavy atom. The summed E-state index contributed by atoms with van der Waals surface area (Å²) in [6, 6.07) is 13.0. The molecule has 34 heavy (non-hydrogen) atoms. The van der Waals surface area contributed by atoms with E-state index in [4.69, 9.17) is 18.9 Å². The first kappa shape index (κ1) is 24.5. The minimum atomic E-state index is -0.638. The van der Waals surface area contributed by atoms with E-state index in [9.17, 15) is 9.18 Å². The number of rotatable bonds is 10. The van der Waals surface area contributed by atoms with Crippen LogP contribution in [0.4, 0.5) is 4.39 Å². The van der Waals surface area contributed by atoms with Gasteiger partial charge in [0.15, 0.2) is 0 Å². The van der Waals surface area contributed by atoms with Crippen LogP contribution in [0.25, 0.3) is 0 Å². The molecule has 2 aliphatic carbocycles. The molecule has 0 N–H and O–H groups in total. The first-order valence-electron chi connectivity index (χ1n) is 12.2. The predicted molar refractivity (Wildman–Crippen MR) is 128 cm³/mol. The summed E-state index contributed by atoms with van der Waals surface area (Å²) in [7, 11) is 4.69. The van der Waals surface area contributed by atoms with Crippen LogP contribution in [0.15, 0.2) is 42.5 Å². The van der Waals surface area contributed by atoms with E-state index in [0.717, 1.165) is 49.8 Å². The summed E-state index contributed by atoms with van der Waals surface area (Å²) in [6.07, 6.45) is 5.95. The van der Waals surface area contributed by atoms with Gasteiger partial charge in [0.05, 0.1) is 32.8 Å². The third-order valence-corrected chi connectivity index (χ3v) is 7.55. The van der Waals surface area contributed by atoms with Gasteiger partial charge in [-0.15, -0.1) is 0 Å². The Balaban J connectivity index is 1.37. The van der Waals surface area contributed by atoms with E-state index in [1.54, 1.807) is 26.4 Å². The lowest BCUT2D eigenvalue weighted by atomic mass is 9.75. The van der Waals surface area contributed by atoms with Crippen molar-refractivity contribution in [1.29, 1.82) is 0 Å². The van der Waals surface area contributed by atoms with E-state index in [1.807, 2.05) is 12.1 Å². The summed E-state index contributed by atoms with van der Waals surface area (Å²) in [5.74, 6) is 2.14. The van der Waals surface area contributed by atoms with Gasteiger partial charge in [-0.25, -0.2) is 4.39 Å². The molecule has 184 valence electrons. The monoisotopic (exact) mass is 470 g/mol. The number of benzene rings is 2. The lowest BCUT2D eigenvalue weighted by molar-refractivity contribution is -0.141. The molecule has 2 fully saturated rings. The highest BCUT2D eigenvalue weighted by atomic mass is 19.1. The highest BCUT2D eigenvalue weighted by Gasteiger charge is 2.39. The average Bonchev–Trinajstić information content (AvgIpc) is 3.72. The Labute approximate surface area is 201 Å². The number of halogens is 1. The lowest BCUT2D eigenvalue weighted by Crippen LogP contribution is -2.36. The van der Waals surface area contributed by atoms with Crippen LogP contribution < -0.4 is 9.47 Å².